The number of nitrogens with zero attached hydrogens (tertiary/aromatic N) is 3. The zero-order chi connectivity index (χ0) is 18.9. The highest BCUT2D eigenvalue weighted by molar-refractivity contribution is 5.72. The summed E-state index contributed by atoms with van der Waals surface area (Å²) in [5, 5.41) is 0. The van der Waals surface area contributed by atoms with E-state index >= 15 is 0 Å². The van der Waals surface area contributed by atoms with Crippen molar-refractivity contribution in [2.24, 2.45) is 0 Å². The second-order valence-electron chi connectivity index (χ2n) is 7.69. The van der Waals surface area contributed by atoms with Crippen LogP contribution in [0.15, 0.2) is 30.6 Å². The first-order chi connectivity index (χ1) is 12.2. The SMILES string of the molecule is Cc1nc(N)nc(C2=CC(C)(C)OC(C)(C)C2)c1C#Cc1cccnc1. The predicted molar refractivity (Wildman–Crippen MR) is 103 cm³/mol. The van der Waals surface area contributed by atoms with Crippen LogP contribution in [0.3, 0.4) is 0 Å². The lowest BCUT2D eigenvalue weighted by molar-refractivity contribution is -0.100. The summed E-state index contributed by atoms with van der Waals surface area (Å²) in [4.78, 5) is 12.9. The smallest absolute Gasteiger partial charge is 0.220 e. The molecule has 2 aromatic rings. The summed E-state index contributed by atoms with van der Waals surface area (Å²) in [5.74, 6) is 6.63. The Morgan fingerprint density at radius 1 is 1.15 bits per heavy atom. The largest absolute Gasteiger partial charge is 0.368 e. The van der Waals surface area contributed by atoms with Crippen molar-refractivity contribution < 1.29 is 4.74 Å². The van der Waals surface area contributed by atoms with Gasteiger partial charge in [0, 0.05) is 24.4 Å². The Bertz CT molecular complexity index is 918. The van der Waals surface area contributed by atoms with Crippen molar-refractivity contribution >= 4 is 11.5 Å². The van der Waals surface area contributed by atoms with E-state index in [2.05, 4.69) is 46.7 Å². The molecule has 2 aromatic heterocycles. The van der Waals surface area contributed by atoms with Crippen LogP contribution in [0, 0.1) is 18.8 Å². The van der Waals surface area contributed by atoms with Crippen molar-refractivity contribution in [2.45, 2.75) is 52.2 Å². The molecule has 0 bridgehead atoms. The molecule has 0 spiro atoms. The van der Waals surface area contributed by atoms with Gasteiger partial charge in [-0.05, 0) is 58.4 Å². The van der Waals surface area contributed by atoms with Gasteiger partial charge in [-0.2, -0.15) is 0 Å². The zero-order valence-corrected chi connectivity index (χ0v) is 15.9. The third-order valence-corrected chi connectivity index (χ3v) is 4.08. The Labute approximate surface area is 154 Å². The van der Waals surface area contributed by atoms with Gasteiger partial charge in [0.15, 0.2) is 0 Å². The van der Waals surface area contributed by atoms with E-state index in [0.717, 1.165) is 34.5 Å². The van der Waals surface area contributed by atoms with Crippen molar-refractivity contribution in [3.8, 4) is 11.8 Å². The summed E-state index contributed by atoms with van der Waals surface area (Å²) in [5.41, 5.74) is 9.53. The van der Waals surface area contributed by atoms with Gasteiger partial charge in [-0.15, -0.1) is 0 Å². The van der Waals surface area contributed by atoms with Gasteiger partial charge in [0.05, 0.1) is 28.2 Å². The second kappa shape index (κ2) is 6.54. The maximum absolute atomic E-state index is 6.15. The molecule has 0 aromatic carbocycles. The van der Waals surface area contributed by atoms with Crippen LogP contribution in [-0.4, -0.2) is 26.2 Å². The van der Waals surface area contributed by atoms with Crippen LogP contribution in [0.4, 0.5) is 5.95 Å². The lowest BCUT2D eigenvalue weighted by Crippen LogP contribution is -2.39. The average molecular weight is 348 g/mol. The van der Waals surface area contributed by atoms with E-state index in [1.807, 2.05) is 32.9 Å². The number of ether oxygens (including phenoxy) is 1. The fourth-order valence-electron chi connectivity index (χ4n) is 3.41. The number of anilines is 1. The molecule has 2 N–H and O–H groups in total. The Hall–Kier alpha value is -2.71. The molecule has 26 heavy (non-hydrogen) atoms. The summed E-state index contributed by atoms with van der Waals surface area (Å²) >= 11 is 0. The van der Waals surface area contributed by atoms with Crippen molar-refractivity contribution in [2.75, 3.05) is 5.73 Å². The van der Waals surface area contributed by atoms with Crippen LogP contribution < -0.4 is 5.73 Å². The van der Waals surface area contributed by atoms with Crippen LogP contribution in [-0.2, 0) is 4.74 Å². The number of hydrogen-bond donors (Lipinski definition) is 1. The number of rotatable bonds is 1. The van der Waals surface area contributed by atoms with E-state index in [0.29, 0.717) is 0 Å². The van der Waals surface area contributed by atoms with E-state index < -0.39 is 5.60 Å². The number of aromatic nitrogens is 3. The quantitative estimate of drug-likeness (QED) is 0.798. The van der Waals surface area contributed by atoms with Crippen LogP contribution in [0.25, 0.3) is 5.57 Å². The van der Waals surface area contributed by atoms with Gasteiger partial charge in [-0.3, -0.25) is 4.98 Å². The van der Waals surface area contributed by atoms with Crippen LogP contribution in [0.2, 0.25) is 0 Å². The van der Waals surface area contributed by atoms with Crippen LogP contribution in [0.1, 0.15) is 56.6 Å². The first kappa shape index (κ1) is 18.1. The summed E-state index contributed by atoms with van der Waals surface area (Å²) in [7, 11) is 0. The van der Waals surface area contributed by atoms with Gasteiger partial charge in [-0.25, -0.2) is 9.97 Å². The standard InChI is InChI=1S/C21H24N4O/c1-14-17(9-8-15-7-6-10-23-13-15)18(25-19(22)24-14)16-11-20(2,3)26-21(4,5)12-16/h6-7,10-11,13H,12H2,1-5H3,(H2,22,24,25). The normalized spacial score (nSPS) is 17.8. The number of hydrogen-bond acceptors (Lipinski definition) is 5. The molecule has 5 nitrogen and oxygen atoms in total. The molecule has 3 rings (SSSR count). The molecule has 134 valence electrons. The first-order valence-corrected chi connectivity index (χ1v) is 8.64. The van der Waals surface area contributed by atoms with Gasteiger partial charge in [-0.1, -0.05) is 11.8 Å². The fraction of sp³-hybridized carbons (Fsp3) is 0.381. The lowest BCUT2D eigenvalue weighted by atomic mass is 9.86. The molecular formula is C21H24N4O. The molecule has 5 heteroatoms. The molecule has 0 saturated heterocycles. The third kappa shape index (κ3) is 4.09. The van der Waals surface area contributed by atoms with Crippen LogP contribution in [0.5, 0.6) is 0 Å². The number of nitrogens with two attached hydrogens (primary N) is 1. The van der Waals surface area contributed by atoms with Gasteiger partial charge in [0.2, 0.25) is 5.95 Å². The molecule has 0 amide bonds. The fourth-order valence-corrected chi connectivity index (χ4v) is 3.41. The topological polar surface area (TPSA) is 73.9 Å². The van der Waals surface area contributed by atoms with E-state index in [-0.39, 0.29) is 11.5 Å². The Morgan fingerprint density at radius 2 is 1.92 bits per heavy atom. The third-order valence-electron chi connectivity index (χ3n) is 4.08. The predicted octanol–water partition coefficient (Wildman–Crippen LogP) is 3.52. The van der Waals surface area contributed by atoms with Crippen LogP contribution >= 0.6 is 0 Å². The number of pyridine rings is 1. The Morgan fingerprint density at radius 3 is 2.58 bits per heavy atom. The molecule has 1 aliphatic heterocycles. The molecule has 3 heterocycles. The van der Waals surface area contributed by atoms with Gasteiger partial charge in [0.25, 0.3) is 0 Å². The summed E-state index contributed by atoms with van der Waals surface area (Å²) in [6.45, 7) is 10.2. The van der Waals surface area contributed by atoms with Gasteiger partial charge >= 0.3 is 0 Å². The molecule has 0 aliphatic carbocycles. The number of aryl methyl sites for hydroxylation is 1. The Balaban J connectivity index is 2.13. The van der Waals surface area contributed by atoms with E-state index in [9.17, 15) is 0 Å². The number of nitrogen functional groups attached to an aromatic ring is 1. The molecule has 0 atom stereocenters. The van der Waals surface area contributed by atoms with Crippen molar-refractivity contribution in [3.63, 3.8) is 0 Å². The highest BCUT2D eigenvalue weighted by Gasteiger charge is 2.35. The monoisotopic (exact) mass is 348 g/mol. The van der Waals surface area contributed by atoms with Crippen molar-refractivity contribution in [1.29, 1.82) is 0 Å². The summed E-state index contributed by atoms with van der Waals surface area (Å²) in [6.07, 6.45) is 6.30. The second-order valence-corrected chi connectivity index (χ2v) is 7.69. The minimum atomic E-state index is -0.390. The van der Waals surface area contributed by atoms with Crippen molar-refractivity contribution in [1.82, 2.24) is 15.0 Å². The molecule has 0 saturated carbocycles. The Kier molecular flexibility index (Phi) is 4.55. The molecule has 1 aliphatic rings. The summed E-state index contributed by atoms with van der Waals surface area (Å²) in [6, 6.07) is 3.79. The lowest BCUT2D eigenvalue weighted by Gasteiger charge is -2.40. The van der Waals surface area contributed by atoms with Gasteiger partial charge < -0.3 is 10.5 Å². The highest BCUT2D eigenvalue weighted by atomic mass is 16.5. The van der Waals surface area contributed by atoms with E-state index in [4.69, 9.17) is 10.5 Å². The first-order valence-electron chi connectivity index (χ1n) is 8.64. The molecule has 0 unspecified atom stereocenters. The summed E-state index contributed by atoms with van der Waals surface area (Å²) < 4.78 is 6.15. The molecule has 0 fully saturated rings. The minimum Gasteiger partial charge on any atom is -0.368 e. The average Bonchev–Trinajstić information content (AvgIpc) is 2.51. The van der Waals surface area contributed by atoms with Gasteiger partial charge in [0.1, 0.15) is 0 Å². The van der Waals surface area contributed by atoms with E-state index in [1.165, 1.54) is 0 Å². The maximum atomic E-state index is 6.15. The molecular weight excluding hydrogens is 324 g/mol. The van der Waals surface area contributed by atoms with Crippen molar-refractivity contribution in [3.05, 3.63) is 53.1 Å². The zero-order valence-electron chi connectivity index (χ0n) is 15.9. The minimum absolute atomic E-state index is 0.257. The highest BCUT2D eigenvalue weighted by Crippen LogP contribution is 2.38. The van der Waals surface area contributed by atoms with E-state index in [1.54, 1.807) is 12.4 Å². The molecule has 0 radical (unpaired) electrons. The maximum Gasteiger partial charge on any atom is 0.220 e.